The summed E-state index contributed by atoms with van der Waals surface area (Å²) in [4.78, 5) is 10.8. The SMILES string of the molecule is O=C1CC(C2CCC(c3ccc(Br)c(F)c3)CC2)O1. The van der Waals surface area contributed by atoms with E-state index in [4.69, 9.17) is 4.74 Å². The molecule has 1 aromatic rings. The quantitative estimate of drug-likeness (QED) is 0.762. The molecule has 2 aliphatic rings. The highest BCUT2D eigenvalue weighted by molar-refractivity contribution is 9.10. The van der Waals surface area contributed by atoms with E-state index < -0.39 is 0 Å². The van der Waals surface area contributed by atoms with Gasteiger partial charge in [-0.2, -0.15) is 0 Å². The number of carbonyl (C=O) groups excluding carboxylic acids is 1. The molecule has 102 valence electrons. The van der Waals surface area contributed by atoms with Crippen molar-refractivity contribution in [3.05, 3.63) is 34.1 Å². The summed E-state index contributed by atoms with van der Waals surface area (Å²) in [6.45, 7) is 0. The molecular weight excluding hydrogens is 311 g/mol. The van der Waals surface area contributed by atoms with E-state index >= 15 is 0 Å². The van der Waals surface area contributed by atoms with Crippen LogP contribution < -0.4 is 0 Å². The number of hydrogen-bond donors (Lipinski definition) is 0. The zero-order chi connectivity index (χ0) is 13.4. The third-order valence-corrected chi connectivity index (χ3v) is 5.01. The minimum atomic E-state index is -0.187. The third-order valence-electron chi connectivity index (χ3n) is 4.36. The summed E-state index contributed by atoms with van der Waals surface area (Å²) in [6.07, 6.45) is 4.98. The van der Waals surface area contributed by atoms with Gasteiger partial charge in [0, 0.05) is 0 Å². The first-order valence-electron chi connectivity index (χ1n) is 6.78. The molecule has 0 radical (unpaired) electrons. The van der Waals surface area contributed by atoms with Gasteiger partial charge in [-0.3, -0.25) is 4.79 Å². The van der Waals surface area contributed by atoms with Gasteiger partial charge in [0.05, 0.1) is 10.9 Å². The molecule has 1 heterocycles. The van der Waals surface area contributed by atoms with Gasteiger partial charge in [0.1, 0.15) is 11.9 Å². The van der Waals surface area contributed by atoms with E-state index in [0.717, 1.165) is 31.2 Å². The molecule has 3 rings (SSSR count). The van der Waals surface area contributed by atoms with Crippen LogP contribution in [0.2, 0.25) is 0 Å². The largest absolute Gasteiger partial charge is 0.461 e. The fourth-order valence-corrected chi connectivity index (χ4v) is 3.42. The first-order chi connectivity index (χ1) is 9.13. The van der Waals surface area contributed by atoms with E-state index in [1.54, 1.807) is 12.1 Å². The Labute approximate surface area is 120 Å². The Morgan fingerprint density at radius 2 is 1.89 bits per heavy atom. The van der Waals surface area contributed by atoms with Crippen LogP contribution in [0.4, 0.5) is 4.39 Å². The molecule has 1 aliphatic heterocycles. The summed E-state index contributed by atoms with van der Waals surface area (Å²) in [7, 11) is 0. The molecule has 0 amide bonds. The van der Waals surface area contributed by atoms with Crippen molar-refractivity contribution < 1.29 is 13.9 Å². The Bertz CT molecular complexity index is 487. The van der Waals surface area contributed by atoms with Gasteiger partial charge in [-0.25, -0.2) is 4.39 Å². The molecule has 0 aromatic heterocycles. The van der Waals surface area contributed by atoms with E-state index in [1.807, 2.05) is 6.07 Å². The van der Waals surface area contributed by atoms with E-state index in [1.165, 1.54) is 0 Å². The second-order valence-corrected chi connectivity index (χ2v) is 6.37. The molecule has 0 spiro atoms. The van der Waals surface area contributed by atoms with Gasteiger partial charge in [-0.05, 0) is 71.1 Å². The second-order valence-electron chi connectivity index (χ2n) is 5.52. The fraction of sp³-hybridized carbons (Fsp3) is 0.533. The van der Waals surface area contributed by atoms with Crippen LogP contribution in [0.15, 0.2) is 22.7 Å². The molecule has 1 aliphatic carbocycles. The van der Waals surface area contributed by atoms with Crippen molar-refractivity contribution in [3.8, 4) is 0 Å². The zero-order valence-corrected chi connectivity index (χ0v) is 12.2. The number of benzene rings is 1. The van der Waals surface area contributed by atoms with E-state index in [9.17, 15) is 9.18 Å². The van der Waals surface area contributed by atoms with Crippen molar-refractivity contribution in [2.45, 2.75) is 44.1 Å². The molecular formula is C15H16BrFO2. The van der Waals surface area contributed by atoms with Gasteiger partial charge in [-0.1, -0.05) is 6.07 Å². The van der Waals surface area contributed by atoms with Gasteiger partial charge in [-0.15, -0.1) is 0 Å². The number of halogens is 2. The molecule has 1 atom stereocenters. The average Bonchev–Trinajstić information content (AvgIpc) is 2.39. The van der Waals surface area contributed by atoms with Gasteiger partial charge < -0.3 is 4.74 Å². The van der Waals surface area contributed by atoms with Gasteiger partial charge in [0.15, 0.2) is 0 Å². The third kappa shape index (κ3) is 2.69. The van der Waals surface area contributed by atoms with Gasteiger partial charge >= 0.3 is 5.97 Å². The Balaban J connectivity index is 1.60. The Morgan fingerprint density at radius 3 is 2.47 bits per heavy atom. The van der Waals surface area contributed by atoms with Gasteiger partial charge in [0.2, 0.25) is 0 Å². The second kappa shape index (κ2) is 5.23. The maximum Gasteiger partial charge on any atom is 0.309 e. The number of carbonyl (C=O) groups is 1. The lowest BCUT2D eigenvalue weighted by Gasteiger charge is -2.37. The zero-order valence-electron chi connectivity index (χ0n) is 10.6. The summed E-state index contributed by atoms with van der Waals surface area (Å²) in [5.41, 5.74) is 1.09. The number of esters is 1. The summed E-state index contributed by atoms with van der Waals surface area (Å²) in [5.74, 6) is 0.693. The molecule has 19 heavy (non-hydrogen) atoms. The lowest BCUT2D eigenvalue weighted by atomic mass is 9.75. The number of ether oxygens (including phenoxy) is 1. The van der Waals surface area contributed by atoms with Crippen LogP contribution in [0.3, 0.4) is 0 Å². The Kier molecular flexibility index (Phi) is 3.61. The lowest BCUT2D eigenvalue weighted by Crippen LogP contribution is -2.40. The minimum absolute atomic E-state index is 0.0675. The molecule has 1 aromatic carbocycles. The van der Waals surface area contributed by atoms with Crippen molar-refractivity contribution in [3.63, 3.8) is 0 Å². The van der Waals surface area contributed by atoms with Crippen molar-refractivity contribution in [1.29, 1.82) is 0 Å². The molecule has 2 fully saturated rings. The van der Waals surface area contributed by atoms with E-state index in [-0.39, 0.29) is 17.9 Å². The highest BCUT2D eigenvalue weighted by Crippen LogP contribution is 2.40. The summed E-state index contributed by atoms with van der Waals surface area (Å²) in [5, 5.41) is 0. The number of hydrogen-bond acceptors (Lipinski definition) is 2. The van der Waals surface area contributed by atoms with Crippen LogP contribution >= 0.6 is 15.9 Å². The van der Waals surface area contributed by atoms with Crippen molar-refractivity contribution in [1.82, 2.24) is 0 Å². The molecule has 0 N–H and O–H groups in total. The predicted octanol–water partition coefficient (Wildman–Crippen LogP) is 4.18. The highest BCUT2D eigenvalue weighted by Gasteiger charge is 2.37. The molecule has 1 saturated carbocycles. The lowest BCUT2D eigenvalue weighted by molar-refractivity contribution is -0.176. The Hall–Kier alpha value is -0.900. The summed E-state index contributed by atoms with van der Waals surface area (Å²) in [6, 6.07) is 5.42. The molecule has 0 bridgehead atoms. The van der Waals surface area contributed by atoms with E-state index in [0.29, 0.717) is 22.7 Å². The average molecular weight is 327 g/mol. The first-order valence-corrected chi connectivity index (χ1v) is 7.57. The van der Waals surface area contributed by atoms with Crippen LogP contribution in [0, 0.1) is 11.7 Å². The maximum atomic E-state index is 13.5. The van der Waals surface area contributed by atoms with Gasteiger partial charge in [0.25, 0.3) is 0 Å². The predicted molar refractivity (Wildman–Crippen MR) is 73.3 cm³/mol. The van der Waals surface area contributed by atoms with Crippen LogP contribution in [0.5, 0.6) is 0 Å². The molecule has 4 heteroatoms. The standard InChI is InChI=1S/C15H16BrFO2/c16-12-6-5-11(7-13(12)17)9-1-3-10(4-2-9)14-8-15(18)19-14/h5-7,9-10,14H,1-4,8H2. The Morgan fingerprint density at radius 1 is 1.21 bits per heavy atom. The molecule has 2 nitrogen and oxygen atoms in total. The van der Waals surface area contributed by atoms with Crippen LogP contribution in [0.1, 0.15) is 43.6 Å². The normalized spacial score (nSPS) is 30.6. The number of cyclic esters (lactones) is 1. The van der Waals surface area contributed by atoms with Crippen molar-refractivity contribution in [2.75, 3.05) is 0 Å². The fourth-order valence-electron chi connectivity index (χ4n) is 3.18. The van der Waals surface area contributed by atoms with Crippen LogP contribution in [-0.4, -0.2) is 12.1 Å². The summed E-state index contributed by atoms with van der Waals surface area (Å²) < 4.78 is 19.2. The van der Waals surface area contributed by atoms with Crippen molar-refractivity contribution in [2.24, 2.45) is 5.92 Å². The van der Waals surface area contributed by atoms with Crippen LogP contribution in [0.25, 0.3) is 0 Å². The van der Waals surface area contributed by atoms with E-state index in [2.05, 4.69) is 15.9 Å². The number of rotatable bonds is 2. The smallest absolute Gasteiger partial charge is 0.309 e. The van der Waals surface area contributed by atoms with Crippen molar-refractivity contribution >= 4 is 21.9 Å². The minimum Gasteiger partial charge on any atom is -0.461 e. The first kappa shape index (κ1) is 13.1. The molecule has 1 unspecified atom stereocenters. The highest BCUT2D eigenvalue weighted by atomic mass is 79.9. The molecule has 1 saturated heterocycles. The monoisotopic (exact) mass is 326 g/mol. The summed E-state index contributed by atoms with van der Waals surface area (Å²) >= 11 is 3.18. The van der Waals surface area contributed by atoms with Crippen LogP contribution in [-0.2, 0) is 9.53 Å². The maximum absolute atomic E-state index is 13.5. The topological polar surface area (TPSA) is 26.3 Å².